The lowest BCUT2D eigenvalue weighted by molar-refractivity contribution is 0.0950. The van der Waals surface area contributed by atoms with Gasteiger partial charge in [0.2, 0.25) is 0 Å². The highest BCUT2D eigenvalue weighted by Gasteiger charge is 2.22. The van der Waals surface area contributed by atoms with Crippen molar-refractivity contribution in [3.63, 3.8) is 0 Å². The van der Waals surface area contributed by atoms with Crippen LogP contribution in [-0.4, -0.2) is 32.8 Å². The SMILES string of the molecule is Cc1nc2ccccc2n1CCNC(=O)c1cc2c([nH]c1=O)CCCC2=O. The monoisotopic (exact) mass is 364 g/mol. The number of benzene rings is 1. The number of H-pyrrole nitrogens is 1. The van der Waals surface area contributed by atoms with E-state index >= 15 is 0 Å². The summed E-state index contributed by atoms with van der Waals surface area (Å²) in [5.41, 5.74) is 2.53. The van der Waals surface area contributed by atoms with Gasteiger partial charge in [0.1, 0.15) is 11.4 Å². The minimum absolute atomic E-state index is 0.0174. The second-order valence-corrected chi connectivity index (χ2v) is 6.74. The fourth-order valence-corrected chi connectivity index (χ4v) is 3.60. The molecule has 3 aromatic rings. The summed E-state index contributed by atoms with van der Waals surface area (Å²) in [5, 5.41) is 2.77. The number of pyridine rings is 1. The van der Waals surface area contributed by atoms with E-state index in [9.17, 15) is 14.4 Å². The Labute approximate surface area is 155 Å². The molecule has 7 heteroatoms. The van der Waals surface area contributed by atoms with E-state index in [1.54, 1.807) is 0 Å². The number of rotatable bonds is 4. The third-order valence-electron chi connectivity index (χ3n) is 4.96. The number of hydrogen-bond donors (Lipinski definition) is 2. The number of ketones is 1. The molecule has 1 aromatic carbocycles. The summed E-state index contributed by atoms with van der Waals surface area (Å²) in [6.45, 7) is 2.81. The molecule has 0 atom stereocenters. The Hall–Kier alpha value is -3.22. The maximum Gasteiger partial charge on any atom is 0.261 e. The molecule has 0 unspecified atom stereocenters. The molecule has 2 heterocycles. The molecule has 1 aliphatic rings. The second-order valence-electron chi connectivity index (χ2n) is 6.74. The second kappa shape index (κ2) is 6.83. The Balaban J connectivity index is 1.50. The predicted molar refractivity (Wildman–Crippen MR) is 101 cm³/mol. The highest BCUT2D eigenvalue weighted by atomic mass is 16.2. The summed E-state index contributed by atoms with van der Waals surface area (Å²) in [5.74, 6) is 0.365. The van der Waals surface area contributed by atoms with E-state index in [1.165, 1.54) is 6.07 Å². The zero-order valence-corrected chi connectivity index (χ0v) is 15.0. The van der Waals surface area contributed by atoms with Gasteiger partial charge in [-0.2, -0.15) is 0 Å². The van der Waals surface area contributed by atoms with E-state index in [1.807, 2.05) is 35.8 Å². The summed E-state index contributed by atoms with van der Waals surface area (Å²) >= 11 is 0. The van der Waals surface area contributed by atoms with E-state index in [0.29, 0.717) is 37.2 Å². The van der Waals surface area contributed by atoms with Crippen molar-refractivity contribution in [2.24, 2.45) is 0 Å². The minimum atomic E-state index is -0.473. The molecular formula is C20H20N4O3. The number of imidazole rings is 1. The van der Waals surface area contributed by atoms with Crippen molar-refractivity contribution < 1.29 is 9.59 Å². The molecule has 0 saturated carbocycles. The summed E-state index contributed by atoms with van der Waals surface area (Å²) in [6.07, 6.45) is 1.84. The number of fused-ring (bicyclic) bond motifs is 2. The van der Waals surface area contributed by atoms with Crippen LogP contribution >= 0.6 is 0 Å². The van der Waals surface area contributed by atoms with Crippen LogP contribution in [0.4, 0.5) is 0 Å². The maximum atomic E-state index is 12.5. The normalized spacial score (nSPS) is 13.6. The lowest BCUT2D eigenvalue weighted by atomic mass is 9.93. The molecule has 0 radical (unpaired) electrons. The van der Waals surface area contributed by atoms with Gasteiger partial charge in [0.25, 0.3) is 11.5 Å². The Morgan fingerprint density at radius 2 is 2.07 bits per heavy atom. The molecule has 4 rings (SSSR count). The molecule has 1 aliphatic carbocycles. The fourth-order valence-electron chi connectivity index (χ4n) is 3.60. The molecule has 0 bridgehead atoms. The largest absolute Gasteiger partial charge is 0.350 e. The average molecular weight is 364 g/mol. The van der Waals surface area contributed by atoms with E-state index in [0.717, 1.165) is 23.3 Å². The average Bonchev–Trinajstić information content (AvgIpc) is 2.97. The third-order valence-corrected chi connectivity index (χ3v) is 4.96. The first-order valence-corrected chi connectivity index (χ1v) is 9.04. The molecule has 27 heavy (non-hydrogen) atoms. The number of aryl methyl sites for hydroxylation is 2. The number of Topliss-reactive ketones (excluding diaryl/α,β-unsaturated/α-hetero) is 1. The first-order valence-electron chi connectivity index (χ1n) is 9.04. The zero-order chi connectivity index (χ0) is 19.0. The Morgan fingerprint density at radius 3 is 2.93 bits per heavy atom. The number of nitrogens with zero attached hydrogens (tertiary/aromatic N) is 2. The number of hydrogen-bond acceptors (Lipinski definition) is 4. The topological polar surface area (TPSA) is 96.8 Å². The van der Waals surface area contributed by atoms with Gasteiger partial charge in [0, 0.05) is 30.8 Å². The van der Waals surface area contributed by atoms with Crippen LogP contribution in [0, 0.1) is 6.92 Å². The van der Waals surface area contributed by atoms with E-state index in [4.69, 9.17) is 0 Å². The molecule has 7 nitrogen and oxygen atoms in total. The van der Waals surface area contributed by atoms with Gasteiger partial charge in [-0.25, -0.2) is 4.98 Å². The Kier molecular flexibility index (Phi) is 4.35. The van der Waals surface area contributed by atoms with Gasteiger partial charge in [0.15, 0.2) is 5.78 Å². The lowest BCUT2D eigenvalue weighted by Crippen LogP contribution is -2.33. The van der Waals surface area contributed by atoms with Crippen molar-refractivity contribution in [2.75, 3.05) is 6.54 Å². The molecular weight excluding hydrogens is 344 g/mol. The maximum absolute atomic E-state index is 12.5. The highest BCUT2D eigenvalue weighted by Crippen LogP contribution is 2.19. The third kappa shape index (κ3) is 3.16. The molecule has 0 saturated heterocycles. The van der Waals surface area contributed by atoms with Crippen molar-refractivity contribution in [1.29, 1.82) is 0 Å². The van der Waals surface area contributed by atoms with Gasteiger partial charge in [-0.15, -0.1) is 0 Å². The molecule has 0 fully saturated rings. The van der Waals surface area contributed by atoms with Gasteiger partial charge in [0.05, 0.1) is 11.0 Å². The van der Waals surface area contributed by atoms with Gasteiger partial charge in [-0.1, -0.05) is 12.1 Å². The van der Waals surface area contributed by atoms with Crippen LogP contribution in [0.25, 0.3) is 11.0 Å². The Morgan fingerprint density at radius 1 is 1.26 bits per heavy atom. The number of para-hydroxylation sites is 2. The van der Waals surface area contributed by atoms with E-state index in [-0.39, 0.29) is 11.3 Å². The zero-order valence-electron chi connectivity index (χ0n) is 15.0. The standard InChI is InChI=1S/C20H20N4O3/c1-12-22-16-5-2-3-7-17(16)24(12)10-9-21-19(26)14-11-13-15(23-20(14)27)6-4-8-18(13)25/h2-3,5,7,11H,4,6,8-10H2,1H3,(H,21,26)(H,23,27). The number of nitrogens with one attached hydrogen (secondary N) is 2. The molecule has 0 spiro atoms. The molecule has 2 N–H and O–H groups in total. The van der Waals surface area contributed by atoms with Crippen LogP contribution in [0.5, 0.6) is 0 Å². The molecule has 2 aromatic heterocycles. The number of aromatic amines is 1. The van der Waals surface area contributed by atoms with Crippen LogP contribution in [0.2, 0.25) is 0 Å². The first kappa shape index (κ1) is 17.2. The van der Waals surface area contributed by atoms with Crippen LogP contribution in [0.3, 0.4) is 0 Å². The van der Waals surface area contributed by atoms with E-state index in [2.05, 4.69) is 15.3 Å². The van der Waals surface area contributed by atoms with Crippen molar-refractivity contribution >= 4 is 22.7 Å². The smallest absolute Gasteiger partial charge is 0.261 e. The van der Waals surface area contributed by atoms with Crippen molar-refractivity contribution in [2.45, 2.75) is 32.7 Å². The first-order chi connectivity index (χ1) is 13.0. The number of carbonyl (C=O) groups is 2. The quantitative estimate of drug-likeness (QED) is 0.740. The fraction of sp³-hybridized carbons (Fsp3) is 0.300. The summed E-state index contributed by atoms with van der Waals surface area (Å²) in [7, 11) is 0. The predicted octanol–water partition coefficient (Wildman–Crippen LogP) is 1.98. The molecule has 0 aliphatic heterocycles. The van der Waals surface area contributed by atoms with Crippen LogP contribution in [-0.2, 0) is 13.0 Å². The van der Waals surface area contributed by atoms with Gasteiger partial charge < -0.3 is 14.9 Å². The van der Waals surface area contributed by atoms with Gasteiger partial charge >= 0.3 is 0 Å². The van der Waals surface area contributed by atoms with Gasteiger partial charge in [-0.05, 0) is 38.0 Å². The van der Waals surface area contributed by atoms with Crippen molar-refractivity contribution in [1.82, 2.24) is 19.9 Å². The lowest BCUT2D eigenvalue weighted by Gasteiger charge is -2.15. The summed E-state index contributed by atoms with van der Waals surface area (Å²) in [4.78, 5) is 43.9. The molecule has 138 valence electrons. The highest BCUT2D eigenvalue weighted by molar-refractivity contribution is 6.01. The molecule has 1 amide bonds. The van der Waals surface area contributed by atoms with Gasteiger partial charge in [-0.3, -0.25) is 14.4 Å². The Bertz CT molecular complexity index is 1110. The van der Waals surface area contributed by atoms with Crippen molar-refractivity contribution in [3.8, 4) is 0 Å². The van der Waals surface area contributed by atoms with Crippen molar-refractivity contribution in [3.05, 3.63) is 63.3 Å². The number of carbonyl (C=O) groups excluding carboxylic acids is 2. The summed E-state index contributed by atoms with van der Waals surface area (Å²) in [6, 6.07) is 9.24. The van der Waals surface area contributed by atoms with Crippen LogP contribution in [0.15, 0.2) is 35.1 Å². The van der Waals surface area contributed by atoms with Crippen LogP contribution in [0.1, 0.15) is 45.1 Å². The van der Waals surface area contributed by atoms with E-state index < -0.39 is 11.5 Å². The minimum Gasteiger partial charge on any atom is -0.350 e. The van der Waals surface area contributed by atoms with Crippen LogP contribution < -0.4 is 10.9 Å². The number of aromatic nitrogens is 3. The number of amides is 1. The summed E-state index contributed by atoms with van der Waals surface area (Å²) < 4.78 is 2.02.